The van der Waals surface area contributed by atoms with Crippen LogP contribution in [0.25, 0.3) is 0 Å². The Kier molecular flexibility index (Phi) is 4.74. The lowest BCUT2D eigenvalue weighted by molar-refractivity contribution is -0.118. The first-order valence-corrected chi connectivity index (χ1v) is 7.37. The average Bonchev–Trinajstić information content (AvgIpc) is 2.82. The number of anilines is 1. The first-order chi connectivity index (χ1) is 9.54. The van der Waals surface area contributed by atoms with E-state index in [9.17, 15) is 4.79 Å². The Hall–Kier alpha value is -1.88. The molecule has 106 valence electrons. The van der Waals surface area contributed by atoms with E-state index in [1.54, 1.807) is 11.3 Å². The third-order valence-corrected chi connectivity index (χ3v) is 3.50. The van der Waals surface area contributed by atoms with Crippen molar-refractivity contribution in [3.05, 3.63) is 40.3 Å². The molecule has 1 heterocycles. The minimum Gasteiger partial charge on any atom is -0.487 e. The van der Waals surface area contributed by atoms with Gasteiger partial charge < -0.3 is 10.1 Å². The summed E-state index contributed by atoms with van der Waals surface area (Å²) in [6, 6.07) is 7.39. The number of nitrogens with one attached hydrogen (secondary N) is 1. The van der Waals surface area contributed by atoms with Crippen molar-refractivity contribution in [3.63, 3.8) is 0 Å². The Balaban J connectivity index is 1.97. The van der Waals surface area contributed by atoms with Crippen molar-refractivity contribution in [1.29, 1.82) is 0 Å². The van der Waals surface area contributed by atoms with Crippen LogP contribution in [-0.2, 0) is 11.4 Å². The van der Waals surface area contributed by atoms with Crippen LogP contribution in [0.1, 0.15) is 24.5 Å². The lowest BCUT2D eigenvalue weighted by Crippen LogP contribution is -2.17. The van der Waals surface area contributed by atoms with Gasteiger partial charge in [-0.25, -0.2) is 4.98 Å². The fraction of sp³-hybridized carbons (Fsp3) is 0.333. The molecule has 0 bridgehead atoms. The van der Waals surface area contributed by atoms with Crippen LogP contribution in [0.15, 0.2) is 29.6 Å². The summed E-state index contributed by atoms with van der Waals surface area (Å²) in [5.74, 6) is 0.673. The van der Waals surface area contributed by atoms with Gasteiger partial charge in [0.25, 0.3) is 0 Å². The van der Waals surface area contributed by atoms with Gasteiger partial charge in [-0.05, 0) is 19.1 Å². The third-order valence-electron chi connectivity index (χ3n) is 2.68. The number of carbonyl (C=O) groups is 1. The summed E-state index contributed by atoms with van der Waals surface area (Å²) in [7, 11) is 0. The molecular weight excluding hydrogens is 272 g/mol. The minimum atomic E-state index is -0.0439. The fourth-order valence-electron chi connectivity index (χ4n) is 1.58. The molecule has 1 amide bonds. The summed E-state index contributed by atoms with van der Waals surface area (Å²) in [6.45, 7) is 6.13. The maximum Gasteiger partial charge on any atom is 0.226 e. The van der Waals surface area contributed by atoms with Gasteiger partial charge in [0.05, 0.1) is 10.7 Å². The van der Waals surface area contributed by atoms with Crippen molar-refractivity contribution < 1.29 is 9.53 Å². The molecule has 0 atom stereocenters. The van der Waals surface area contributed by atoms with Crippen molar-refractivity contribution in [1.82, 2.24) is 4.98 Å². The van der Waals surface area contributed by atoms with E-state index in [0.29, 0.717) is 6.61 Å². The summed E-state index contributed by atoms with van der Waals surface area (Å²) in [4.78, 5) is 16.0. The van der Waals surface area contributed by atoms with Crippen LogP contribution >= 0.6 is 11.3 Å². The highest BCUT2D eigenvalue weighted by Crippen LogP contribution is 2.19. The SMILES string of the molecule is Cc1nc(COc2cccc(NC(=O)C(C)C)c2)cs1. The first-order valence-electron chi connectivity index (χ1n) is 6.49. The van der Waals surface area contributed by atoms with E-state index in [2.05, 4.69) is 10.3 Å². The molecule has 5 heteroatoms. The predicted molar refractivity (Wildman–Crippen MR) is 81.1 cm³/mol. The molecule has 4 nitrogen and oxygen atoms in total. The smallest absolute Gasteiger partial charge is 0.226 e. The van der Waals surface area contributed by atoms with Crippen LogP contribution in [-0.4, -0.2) is 10.9 Å². The molecule has 0 spiro atoms. The Morgan fingerprint density at radius 1 is 1.45 bits per heavy atom. The summed E-state index contributed by atoms with van der Waals surface area (Å²) in [6.07, 6.45) is 0. The maximum atomic E-state index is 11.6. The van der Waals surface area contributed by atoms with Gasteiger partial charge in [-0.1, -0.05) is 19.9 Å². The molecule has 2 rings (SSSR count). The molecular formula is C15H18N2O2S. The van der Waals surface area contributed by atoms with Gasteiger partial charge >= 0.3 is 0 Å². The van der Waals surface area contributed by atoms with Crippen molar-refractivity contribution in [2.45, 2.75) is 27.4 Å². The second-order valence-corrected chi connectivity index (χ2v) is 5.88. The number of amides is 1. The highest BCUT2D eigenvalue weighted by atomic mass is 32.1. The summed E-state index contributed by atoms with van der Waals surface area (Å²) in [5, 5.41) is 5.87. The van der Waals surface area contributed by atoms with Crippen molar-refractivity contribution in [2.75, 3.05) is 5.32 Å². The highest BCUT2D eigenvalue weighted by molar-refractivity contribution is 7.09. The standard InChI is InChI=1S/C15H18N2O2S/c1-10(2)15(18)17-12-5-4-6-14(7-12)19-8-13-9-20-11(3)16-13/h4-7,9-10H,8H2,1-3H3,(H,17,18). The lowest BCUT2D eigenvalue weighted by atomic mass is 10.2. The zero-order valence-electron chi connectivity index (χ0n) is 11.8. The monoisotopic (exact) mass is 290 g/mol. The van der Waals surface area contributed by atoms with Gasteiger partial charge in [0.1, 0.15) is 12.4 Å². The van der Waals surface area contributed by atoms with Crippen LogP contribution in [0.2, 0.25) is 0 Å². The summed E-state index contributed by atoms with van der Waals surface area (Å²) >= 11 is 1.61. The van der Waals surface area contributed by atoms with Gasteiger partial charge in [-0.3, -0.25) is 4.79 Å². The normalized spacial score (nSPS) is 10.6. The van der Waals surface area contributed by atoms with E-state index in [1.807, 2.05) is 50.4 Å². The molecule has 0 saturated heterocycles. The molecule has 0 saturated carbocycles. The van der Waals surface area contributed by atoms with Gasteiger partial charge in [-0.15, -0.1) is 11.3 Å². The second kappa shape index (κ2) is 6.52. The van der Waals surface area contributed by atoms with Crippen molar-refractivity contribution >= 4 is 22.9 Å². The van der Waals surface area contributed by atoms with Gasteiger partial charge in [-0.2, -0.15) is 0 Å². The van der Waals surface area contributed by atoms with Crippen molar-refractivity contribution in [3.8, 4) is 5.75 Å². The van der Waals surface area contributed by atoms with E-state index in [4.69, 9.17) is 4.74 Å². The zero-order valence-corrected chi connectivity index (χ0v) is 12.7. The van der Waals surface area contributed by atoms with Crippen LogP contribution in [0.4, 0.5) is 5.69 Å². The number of thiazole rings is 1. The molecule has 0 fully saturated rings. The van der Waals surface area contributed by atoms with Gasteiger partial charge in [0.2, 0.25) is 5.91 Å². The Morgan fingerprint density at radius 3 is 2.90 bits per heavy atom. The summed E-state index contributed by atoms with van der Waals surface area (Å²) < 4.78 is 5.68. The average molecular weight is 290 g/mol. The Bertz CT molecular complexity index is 593. The second-order valence-electron chi connectivity index (χ2n) is 4.82. The van der Waals surface area contributed by atoms with Crippen LogP contribution in [0, 0.1) is 12.8 Å². The predicted octanol–water partition coefficient (Wildman–Crippen LogP) is 3.63. The number of carbonyl (C=O) groups excluding carboxylic acids is 1. The third kappa shape index (κ3) is 4.06. The number of aryl methyl sites for hydroxylation is 1. The molecule has 1 aromatic heterocycles. The van der Waals surface area contributed by atoms with E-state index in [1.165, 1.54) is 0 Å². The van der Waals surface area contributed by atoms with E-state index in [0.717, 1.165) is 22.1 Å². The molecule has 20 heavy (non-hydrogen) atoms. The van der Waals surface area contributed by atoms with Crippen LogP contribution in [0.5, 0.6) is 5.75 Å². The minimum absolute atomic E-state index is 0.00252. The molecule has 1 N–H and O–H groups in total. The molecule has 0 unspecified atom stereocenters. The maximum absolute atomic E-state index is 11.6. The highest BCUT2D eigenvalue weighted by Gasteiger charge is 2.07. The largest absolute Gasteiger partial charge is 0.487 e. The van der Waals surface area contributed by atoms with Crippen LogP contribution in [0.3, 0.4) is 0 Å². The number of ether oxygens (including phenoxy) is 1. The van der Waals surface area contributed by atoms with Crippen molar-refractivity contribution in [2.24, 2.45) is 5.92 Å². The molecule has 0 aliphatic heterocycles. The number of rotatable bonds is 5. The topological polar surface area (TPSA) is 51.2 Å². The van der Waals surface area contributed by atoms with Gasteiger partial charge in [0, 0.05) is 23.1 Å². The summed E-state index contributed by atoms with van der Waals surface area (Å²) in [5.41, 5.74) is 1.67. The fourth-order valence-corrected chi connectivity index (χ4v) is 2.18. The van der Waals surface area contributed by atoms with E-state index in [-0.39, 0.29) is 11.8 Å². The molecule has 0 aliphatic rings. The Labute approximate surface area is 122 Å². The number of benzene rings is 1. The number of nitrogens with zero attached hydrogens (tertiary/aromatic N) is 1. The van der Waals surface area contributed by atoms with Crippen LogP contribution < -0.4 is 10.1 Å². The Morgan fingerprint density at radius 2 is 2.25 bits per heavy atom. The molecule has 0 aliphatic carbocycles. The van der Waals surface area contributed by atoms with Gasteiger partial charge in [0.15, 0.2) is 0 Å². The quantitative estimate of drug-likeness (QED) is 0.915. The molecule has 0 radical (unpaired) electrons. The molecule has 2 aromatic rings. The first kappa shape index (κ1) is 14.5. The molecule has 1 aromatic carbocycles. The number of aromatic nitrogens is 1. The zero-order chi connectivity index (χ0) is 14.5. The van der Waals surface area contributed by atoms with E-state index < -0.39 is 0 Å². The number of hydrogen-bond acceptors (Lipinski definition) is 4. The lowest BCUT2D eigenvalue weighted by Gasteiger charge is -2.10. The number of hydrogen-bond donors (Lipinski definition) is 1. The van der Waals surface area contributed by atoms with E-state index >= 15 is 0 Å².